The zero-order chi connectivity index (χ0) is 13.7. The number of hydrogen-bond acceptors (Lipinski definition) is 3. The SMILES string of the molecule is CC1CCNC(C(=O)NCc2cccc(CO)c2)C1. The molecule has 0 saturated carbocycles. The number of hydrogen-bond donors (Lipinski definition) is 3. The van der Waals surface area contributed by atoms with E-state index < -0.39 is 0 Å². The minimum atomic E-state index is -0.0650. The molecule has 1 fully saturated rings. The van der Waals surface area contributed by atoms with Crippen LogP contribution in [-0.2, 0) is 17.9 Å². The van der Waals surface area contributed by atoms with Crippen molar-refractivity contribution in [2.75, 3.05) is 6.54 Å². The number of carbonyl (C=O) groups is 1. The van der Waals surface area contributed by atoms with E-state index in [1.165, 1.54) is 0 Å². The lowest BCUT2D eigenvalue weighted by Gasteiger charge is -2.27. The zero-order valence-electron chi connectivity index (χ0n) is 11.4. The summed E-state index contributed by atoms with van der Waals surface area (Å²) in [6, 6.07) is 7.57. The van der Waals surface area contributed by atoms with E-state index >= 15 is 0 Å². The second-order valence-corrected chi connectivity index (χ2v) is 5.33. The molecule has 2 atom stereocenters. The van der Waals surface area contributed by atoms with Crippen molar-refractivity contribution in [3.63, 3.8) is 0 Å². The van der Waals surface area contributed by atoms with Crippen molar-refractivity contribution in [2.24, 2.45) is 5.92 Å². The van der Waals surface area contributed by atoms with E-state index in [0.717, 1.165) is 30.5 Å². The molecule has 2 unspecified atom stereocenters. The van der Waals surface area contributed by atoms with Crippen LogP contribution in [0.1, 0.15) is 30.9 Å². The first-order chi connectivity index (χ1) is 9.19. The summed E-state index contributed by atoms with van der Waals surface area (Å²) in [4.78, 5) is 12.0. The van der Waals surface area contributed by atoms with Crippen molar-refractivity contribution in [1.29, 1.82) is 0 Å². The van der Waals surface area contributed by atoms with Crippen LogP contribution in [0.4, 0.5) is 0 Å². The van der Waals surface area contributed by atoms with Gasteiger partial charge in [0.15, 0.2) is 0 Å². The van der Waals surface area contributed by atoms with Gasteiger partial charge in [-0.15, -0.1) is 0 Å². The Morgan fingerprint density at radius 2 is 2.26 bits per heavy atom. The molecule has 1 aliphatic rings. The van der Waals surface area contributed by atoms with E-state index in [0.29, 0.717) is 12.5 Å². The Bertz CT molecular complexity index is 434. The Labute approximate surface area is 114 Å². The number of aliphatic hydroxyl groups is 1. The van der Waals surface area contributed by atoms with Crippen molar-refractivity contribution in [3.8, 4) is 0 Å². The highest BCUT2D eigenvalue weighted by atomic mass is 16.3. The first-order valence-electron chi connectivity index (χ1n) is 6.89. The van der Waals surface area contributed by atoms with E-state index in [1.807, 2.05) is 24.3 Å². The van der Waals surface area contributed by atoms with E-state index in [9.17, 15) is 4.79 Å². The Morgan fingerprint density at radius 3 is 3.00 bits per heavy atom. The van der Waals surface area contributed by atoms with Gasteiger partial charge in [0.25, 0.3) is 0 Å². The van der Waals surface area contributed by atoms with Gasteiger partial charge in [0.2, 0.25) is 5.91 Å². The van der Waals surface area contributed by atoms with Crippen LogP contribution >= 0.6 is 0 Å². The minimum absolute atomic E-state index is 0.0312. The summed E-state index contributed by atoms with van der Waals surface area (Å²) in [6.45, 7) is 3.65. The monoisotopic (exact) mass is 262 g/mol. The van der Waals surface area contributed by atoms with E-state index in [2.05, 4.69) is 17.6 Å². The summed E-state index contributed by atoms with van der Waals surface area (Å²) in [5, 5.41) is 15.3. The Hall–Kier alpha value is -1.39. The van der Waals surface area contributed by atoms with Crippen molar-refractivity contribution in [3.05, 3.63) is 35.4 Å². The molecule has 1 saturated heterocycles. The average molecular weight is 262 g/mol. The summed E-state index contributed by atoms with van der Waals surface area (Å²) < 4.78 is 0. The lowest BCUT2D eigenvalue weighted by Crippen LogP contribution is -2.48. The molecule has 2 rings (SSSR count). The maximum absolute atomic E-state index is 12.0. The molecule has 1 aliphatic heterocycles. The second-order valence-electron chi connectivity index (χ2n) is 5.33. The molecule has 4 heteroatoms. The number of benzene rings is 1. The number of rotatable bonds is 4. The van der Waals surface area contributed by atoms with Crippen LogP contribution in [0.25, 0.3) is 0 Å². The standard InChI is InChI=1S/C15H22N2O2/c1-11-5-6-16-14(7-11)15(19)17-9-12-3-2-4-13(8-12)10-18/h2-4,8,11,14,16,18H,5-7,9-10H2,1H3,(H,17,19). The van der Waals surface area contributed by atoms with Crippen molar-refractivity contribution in [2.45, 2.75) is 39.0 Å². The average Bonchev–Trinajstić information content (AvgIpc) is 2.45. The quantitative estimate of drug-likeness (QED) is 0.763. The maximum Gasteiger partial charge on any atom is 0.237 e. The van der Waals surface area contributed by atoms with Gasteiger partial charge in [-0.3, -0.25) is 4.79 Å². The van der Waals surface area contributed by atoms with Gasteiger partial charge < -0.3 is 15.7 Å². The lowest BCUT2D eigenvalue weighted by molar-refractivity contribution is -0.124. The van der Waals surface area contributed by atoms with Crippen LogP contribution in [-0.4, -0.2) is 23.6 Å². The van der Waals surface area contributed by atoms with E-state index in [-0.39, 0.29) is 18.6 Å². The molecule has 0 aromatic heterocycles. The molecule has 1 aromatic rings. The molecular weight excluding hydrogens is 240 g/mol. The van der Waals surface area contributed by atoms with Crippen molar-refractivity contribution >= 4 is 5.91 Å². The number of amides is 1. The number of aliphatic hydroxyl groups excluding tert-OH is 1. The predicted octanol–water partition coefficient (Wildman–Crippen LogP) is 1.18. The first-order valence-corrected chi connectivity index (χ1v) is 6.89. The van der Waals surface area contributed by atoms with Crippen LogP contribution in [0, 0.1) is 5.92 Å². The maximum atomic E-state index is 12.0. The van der Waals surface area contributed by atoms with Gasteiger partial charge >= 0.3 is 0 Å². The normalized spacial score (nSPS) is 23.1. The van der Waals surface area contributed by atoms with Gasteiger partial charge in [0.05, 0.1) is 12.6 Å². The highest BCUT2D eigenvalue weighted by molar-refractivity contribution is 5.81. The Morgan fingerprint density at radius 1 is 1.47 bits per heavy atom. The Kier molecular flexibility index (Phi) is 4.93. The molecule has 0 bridgehead atoms. The zero-order valence-corrected chi connectivity index (χ0v) is 11.4. The third kappa shape index (κ3) is 4.04. The van der Waals surface area contributed by atoms with Crippen LogP contribution in [0.5, 0.6) is 0 Å². The first kappa shape index (κ1) is 14.0. The van der Waals surface area contributed by atoms with Gasteiger partial charge in [0.1, 0.15) is 0 Å². The highest BCUT2D eigenvalue weighted by Crippen LogP contribution is 2.15. The summed E-state index contributed by atoms with van der Waals surface area (Å²) in [5.41, 5.74) is 1.89. The highest BCUT2D eigenvalue weighted by Gasteiger charge is 2.23. The lowest BCUT2D eigenvalue weighted by atomic mass is 9.94. The van der Waals surface area contributed by atoms with Gasteiger partial charge in [-0.2, -0.15) is 0 Å². The molecular formula is C15H22N2O2. The molecule has 3 N–H and O–H groups in total. The van der Waals surface area contributed by atoms with Crippen LogP contribution in [0.2, 0.25) is 0 Å². The fourth-order valence-electron chi connectivity index (χ4n) is 2.46. The minimum Gasteiger partial charge on any atom is -0.392 e. The number of piperidine rings is 1. The van der Waals surface area contributed by atoms with Crippen molar-refractivity contribution in [1.82, 2.24) is 10.6 Å². The molecule has 1 amide bonds. The smallest absolute Gasteiger partial charge is 0.237 e. The summed E-state index contributed by atoms with van der Waals surface area (Å²) in [6.07, 6.45) is 2.05. The summed E-state index contributed by atoms with van der Waals surface area (Å²) >= 11 is 0. The van der Waals surface area contributed by atoms with E-state index in [1.54, 1.807) is 0 Å². The molecule has 0 spiro atoms. The third-order valence-corrected chi connectivity index (χ3v) is 3.62. The van der Waals surface area contributed by atoms with Crippen LogP contribution in [0.3, 0.4) is 0 Å². The van der Waals surface area contributed by atoms with Crippen molar-refractivity contribution < 1.29 is 9.90 Å². The molecule has 0 radical (unpaired) electrons. The predicted molar refractivity (Wildman–Crippen MR) is 74.4 cm³/mol. The molecule has 4 nitrogen and oxygen atoms in total. The van der Waals surface area contributed by atoms with Gasteiger partial charge in [-0.05, 0) is 36.4 Å². The number of nitrogens with one attached hydrogen (secondary N) is 2. The largest absolute Gasteiger partial charge is 0.392 e. The second kappa shape index (κ2) is 6.68. The Balaban J connectivity index is 1.85. The van der Waals surface area contributed by atoms with Gasteiger partial charge in [0, 0.05) is 6.54 Å². The third-order valence-electron chi connectivity index (χ3n) is 3.62. The van der Waals surface area contributed by atoms with Crippen LogP contribution < -0.4 is 10.6 Å². The van der Waals surface area contributed by atoms with E-state index in [4.69, 9.17) is 5.11 Å². The molecule has 1 heterocycles. The molecule has 0 aliphatic carbocycles. The summed E-state index contributed by atoms with van der Waals surface area (Å²) in [5.74, 6) is 0.677. The molecule has 1 aromatic carbocycles. The fraction of sp³-hybridized carbons (Fsp3) is 0.533. The number of carbonyl (C=O) groups excluding carboxylic acids is 1. The van der Waals surface area contributed by atoms with Crippen LogP contribution in [0.15, 0.2) is 24.3 Å². The molecule has 104 valence electrons. The fourth-order valence-corrected chi connectivity index (χ4v) is 2.46. The molecule has 19 heavy (non-hydrogen) atoms. The summed E-state index contributed by atoms with van der Waals surface area (Å²) in [7, 11) is 0. The van der Waals surface area contributed by atoms with Gasteiger partial charge in [-0.1, -0.05) is 31.2 Å². The van der Waals surface area contributed by atoms with Gasteiger partial charge in [-0.25, -0.2) is 0 Å². The topological polar surface area (TPSA) is 61.4 Å².